The monoisotopic (exact) mass is 304 g/mol. The molecule has 1 aromatic carbocycles. The number of hydrogen-bond acceptors (Lipinski definition) is 4. The van der Waals surface area contributed by atoms with Gasteiger partial charge in [-0.05, 0) is 44.5 Å². The lowest BCUT2D eigenvalue weighted by molar-refractivity contribution is -0.126. The number of ether oxygens (including phenoxy) is 2. The molecule has 0 saturated carbocycles. The number of carbonyl (C=O) groups is 2. The Morgan fingerprint density at radius 1 is 1.32 bits per heavy atom. The smallest absolute Gasteiger partial charge is 0.410 e. The van der Waals surface area contributed by atoms with Crippen LogP contribution in [0.5, 0.6) is 5.75 Å². The van der Waals surface area contributed by atoms with Crippen LogP contribution in [0.25, 0.3) is 0 Å². The van der Waals surface area contributed by atoms with E-state index in [2.05, 4.69) is 5.32 Å². The fourth-order valence-electron chi connectivity index (χ4n) is 2.89. The number of benzene rings is 1. The second kappa shape index (κ2) is 4.63. The van der Waals surface area contributed by atoms with Gasteiger partial charge < -0.3 is 19.7 Å². The molecule has 0 aliphatic carbocycles. The average Bonchev–Trinajstić information content (AvgIpc) is 2.65. The number of hydrogen-bond donors (Lipinski definition) is 1. The summed E-state index contributed by atoms with van der Waals surface area (Å²) in [6.45, 7) is 6.12. The highest BCUT2D eigenvalue weighted by atomic mass is 16.6. The number of methoxy groups -OCH3 is 1. The van der Waals surface area contributed by atoms with Crippen molar-refractivity contribution in [2.75, 3.05) is 25.5 Å². The third-order valence-electron chi connectivity index (χ3n) is 4.00. The molecule has 2 heterocycles. The number of rotatable bonds is 1. The Hall–Kier alpha value is -2.24. The number of anilines is 1. The number of nitrogens with zero attached hydrogens (tertiary/aromatic N) is 1. The fraction of sp³-hybridized carbons (Fsp3) is 0.500. The molecule has 2 aliphatic rings. The zero-order chi connectivity index (χ0) is 16.1. The van der Waals surface area contributed by atoms with E-state index in [1.54, 1.807) is 12.0 Å². The minimum absolute atomic E-state index is 0.0736. The van der Waals surface area contributed by atoms with Gasteiger partial charge in [-0.25, -0.2) is 4.79 Å². The minimum Gasteiger partial charge on any atom is -0.497 e. The molecule has 0 bridgehead atoms. The molecule has 0 atom stereocenters. The topological polar surface area (TPSA) is 67.9 Å². The van der Waals surface area contributed by atoms with E-state index in [0.29, 0.717) is 18.8 Å². The Morgan fingerprint density at radius 2 is 2.00 bits per heavy atom. The first-order valence-corrected chi connectivity index (χ1v) is 7.23. The Morgan fingerprint density at radius 3 is 2.59 bits per heavy atom. The maximum atomic E-state index is 12.4. The van der Waals surface area contributed by atoms with Crippen molar-refractivity contribution in [1.82, 2.24) is 4.90 Å². The quantitative estimate of drug-likeness (QED) is 0.863. The third-order valence-corrected chi connectivity index (χ3v) is 4.00. The van der Waals surface area contributed by atoms with Gasteiger partial charge in [0.05, 0.1) is 7.11 Å². The van der Waals surface area contributed by atoms with Gasteiger partial charge in [0, 0.05) is 18.8 Å². The highest BCUT2D eigenvalue weighted by Gasteiger charge is 2.57. The first-order valence-electron chi connectivity index (χ1n) is 7.23. The van der Waals surface area contributed by atoms with Crippen LogP contribution in [0.1, 0.15) is 26.3 Å². The van der Waals surface area contributed by atoms with Gasteiger partial charge in [0.15, 0.2) is 0 Å². The van der Waals surface area contributed by atoms with Gasteiger partial charge in [-0.2, -0.15) is 0 Å². The van der Waals surface area contributed by atoms with E-state index in [-0.39, 0.29) is 12.0 Å². The molecule has 1 saturated heterocycles. The van der Waals surface area contributed by atoms with E-state index in [1.165, 1.54) is 0 Å². The van der Waals surface area contributed by atoms with Crippen LogP contribution in [-0.4, -0.2) is 42.7 Å². The summed E-state index contributed by atoms with van der Waals surface area (Å²) in [6.07, 6.45) is -0.387. The normalized spacial score (nSPS) is 18.5. The van der Waals surface area contributed by atoms with Crippen LogP contribution >= 0.6 is 0 Å². The summed E-state index contributed by atoms with van der Waals surface area (Å²) < 4.78 is 10.6. The number of carbonyl (C=O) groups excluding carboxylic acids is 2. The zero-order valence-electron chi connectivity index (χ0n) is 13.2. The van der Waals surface area contributed by atoms with Crippen LogP contribution in [0.15, 0.2) is 18.2 Å². The van der Waals surface area contributed by atoms with E-state index in [4.69, 9.17) is 9.47 Å². The van der Waals surface area contributed by atoms with Crippen molar-refractivity contribution < 1.29 is 19.1 Å². The molecule has 0 radical (unpaired) electrons. The largest absolute Gasteiger partial charge is 0.497 e. The van der Waals surface area contributed by atoms with Gasteiger partial charge in [-0.15, -0.1) is 0 Å². The molecule has 0 aromatic heterocycles. The summed E-state index contributed by atoms with van der Waals surface area (Å²) >= 11 is 0. The highest BCUT2D eigenvalue weighted by molar-refractivity contribution is 6.08. The first-order chi connectivity index (χ1) is 10.2. The number of likely N-dealkylation sites (tertiary alicyclic amines) is 1. The molecule has 1 N–H and O–H groups in total. The molecular formula is C16H20N2O4. The van der Waals surface area contributed by atoms with Gasteiger partial charge in [-0.1, -0.05) is 0 Å². The van der Waals surface area contributed by atoms with Crippen molar-refractivity contribution in [3.8, 4) is 5.75 Å². The van der Waals surface area contributed by atoms with Crippen LogP contribution in [0.3, 0.4) is 0 Å². The van der Waals surface area contributed by atoms with E-state index < -0.39 is 11.0 Å². The van der Waals surface area contributed by atoms with Crippen molar-refractivity contribution in [1.29, 1.82) is 0 Å². The molecule has 2 aliphatic heterocycles. The molecule has 1 fully saturated rings. The molecular weight excluding hydrogens is 284 g/mol. The molecule has 6 heteroatoms. The summed E-state index contributed by atoms with van der Waals surface area (Å²) in [4.78, 5) is 26.0. The molecule has 118 valence electrons. The Bertz CT molecular complexity index is 642. The number of fused-ring (bicyclic) bond motifs is 2. The van der Waals surface area contributed by atoms with Gasteiger partial charge >= 0.3 is 6.09 Å². The van der Waals surface area contributed by atoms with Crippen LogP contribution < -0.4 is 10.1 Å². The van der Waals surface area contributed by atoms with Crippen molar-refractivity contribution in [2.45, 2.75) is 31.8 Å². The first kappa shape index (κ1) is 14.7. The third kappa shape index (κ3) is 2.19. The Kier molecular flexibility index (Phi) is 3.09. The van der Waals surface area contributed by atoms with Crippen LogP contribution in [-0.2, 0) is 14.9 Å². The minimum atomic E-state index is -0.680. The van der Waals surface area contributed by atoms with E-state index in [9.17, 15) is 9.59 Å². The summed E-state index contributed by atoms with van der Waals surface area (Å²) in [7, 11) is 1.59. The van der Waals surface area contributed by atoms with E-state index in [1.807, 2.05) is 39.0 Å². The van der Waals surface area contributed by atoms with E-state index >= 15 is 0 Å². The summed E-state index contributed by atoms with van der Waals surface area (Å²) in [5, 5.41) is 2.88. The molecule has 0 unspecified atom stereocenters. The summed E-state index contributed by atoms with van der Waals surface area (Å²) in [5.74, 6) is 0.626. The lowest BCUT2D eigenvalue weighted by atomic mass is 9.75. The SMILES string of the molecule is COc1ccc2c(c1)C1(CN(C(=O)OC(C)(C)C)C1)C(=O)N2. The standard InChI is InChI=1S/C16H20N2O4/c1-15(2,3)22-14(20)18-8-16(9-18)11-7-10(21-4)5-6-12(11)17-13(16)19/h5-7H,8-9H2,1-4H3,(H,17,19). The maximum absolute atomic E-state index is 12.4. The van der Waals surface area contributed by atoms with Crippen molar-refractivity contribution in [2.24, 2.45) is 0 Å². The number of nitrogens with one attached hydrogen (secondary N) is 1. The molecule has 2 amide bonds. The Balaban J connectivity index is 1.81. The lowest BCUT2D eigenvalue weighted by Crippen LogP contribution is -2.64. The van der Waals surface area contributed by atoms with Crippen molar-refractivity contribution in [3.05, 3.63) is 23.8 Å². The van der Waals surface area contributed by atoms with Gasteiger partial charge in [0.1, 0.15) is 16.8 Å². The second-order valence-electron chi connectivity index (χ2n) is 6.78. The van der Waals surface area contributed by atoms with Gasteiger partial charge in [0.2, 0.25) is 5.91 Å². The maximum Gasteiger partial charge on any atom is 0.410 e. The zero-order valence-corrected chi connectivity index (χ0v) is 13.2. The number of amides is 2. The second-order valence-corrected chi connectivity index (χ2v) is 6.78. The average molecular weight is 304 g/mol. The van der Waals surface area contributed by atoms with Crippen LogP contribution in [0.4, 0.5) is 10.5 Å². The van der Waals surface area contributed by atoms with Gasteiger partial charge in [0.25, 0.3) is 0 Å². The Labute approximate surface area is 129 Å². The van der Waals surface area contributed by atoms with E-state index in [0.717, 1.165) is 11.3 Å². The molecule has 1 spiro atoms. The highest BCUT2D eigenvalue weighted by Crippen LogP contribution is 2.45. The van der Waals surface area contributed by atoms with Crippen LogP contribution in [0.2, 0.25) is 0 Å². The van der Waals surface area contributed by atoms with Gasteiger partial charge in [-0.3, -0.25) is 4.79 Å². The lowest BCUT2D eigenvalue weighted by Gasteiger charge is -2.46. The molecule has 3 rings (SSSR count). The summed E-state index contributed by atoms with van der Waals surface area (Å²) in [6, 6.07) is 5.50. The predicted octanol–water partition coefficient (Wildman–Crippen LogP) is 2.14. The van der Waals surface area contributed by atoms with Crippen molar-refractivity contribution >= 4 is 17.7 Å². The predicted molar refractivity (Wildman–Crippen MR) is 81.1 cm³/mol. The van der Waals surface area contributed by atoms with Crippen LogP contribution in [0, 0.1) is 0 Å². The molecule has 22 heavy (non-hydrogen) atoms. The van der Waals surface area contributed by atoms with Crippen molar-refractivity contribution in [3.63, 3.8) is 0 Å². The summed E-state index contributed by atoms with van der Waals surface area (Å²) in [5.41, 5.74) is 0.450. The molecule has 1 aromatic rings. The fourth-order valence-corrected chi connectivity index (χ4v) is 2.89. The molecule has 6 nitrogen and oxygen atoms in total.